The van der Waals surface area contributed by atoms with E-state index in [0.717, 1.165) is 5.75 Å². The Morgan fingerprint density at radius 3 is 2.81 bits per heavy atom. The number of rotatable bonds is 9. The summed E-state index contributed by atoms with van der Waals surface area (Å²) in [6.07, 6.45) is 0.488. The minimum absolute atomic E-state index is 0.0240. The van der Waals surface area contributed by atoms with Crippen LogP contribution in [-0.4, -0.2) is 43.1 Å². The zero-order valence-electron chi connectivity index (χ0n) is 13.0. The zero-order chi connectivity index (χ0) is 15.7. The van der Waals surface area contributed by atoms with Crippen molar-refractivity contribution in [3.8, 4) is 0 Å². The van der Waals surface area contributed by atoms with Crippen molar-refractivity contribution in [1.82, 2.24) is 5.32 Å². The van der Waals surface area contributed by atoms with Gasteiger partial charge in [-0.05, 0) is 43.5 Å². The van der Waals surface area contributed by atoms with Crippen molar-refractivity contribution in [3.05, 3.63) is 29.3 Å². The molecular formula is C16H25NO3S. The monoisotopic (exact) mass is 311 g/mol. The molecule has 5 heteroatoms. The molecule has 0 radical (unpaired) electrons. The van der Waals surface area contributed by atoms with Crippen molar-refractivity contribution in [2.45, 2.75) is 37.7 Å². The van der Waals surface area contributed by atoms with E-state index in [-0.39, 0.29) is 5.91 Å². The van der Waals surface area contributed by atoms with Crippen LogP contribution in [0, 0.1) is 13.8 Å². The van der Waals surface area contributed by atoms with Crippen molar-refractivity contribution in [2.24, 2.45) is 0 Å². The van der Waals surface area contributed by atoms with Crippen LogP contribution < -0.4 is 5.32 Å². The second-order valence-electron chi connectivity index (χ2n) is 5.09. The molecule has 2 N–H and O–H groups in total. The van der Waals surface area contributed by atoms with Gasteiger partial charge in [-0.25, -0.2) is 0 Å². The summed E-state index contributed by atoms with van der Waals surface area (Å²) in [5.74, 6) is 0.783. The van der Waals surface area contributed by atoms with Gasteiger partial charge in [-0.1, -0.05) is 6.07 Å². The van der Waals surface area contributed by atoms with Gasteiger partial charge in [-0.2, -0.15) is 0 Å². The molecule has 0 bridgehead atoms. The molecule has 1 amide bonds. The molecule has 21 heavy (non-hydrogen) atoms. The third-order valence-electron chi connectivity index (χ3n) is 3.24. The smallest absolute Gasteiger partial charge is 0.220 e. The Kier molecular flexibility index (Phi) is 8.42. The van der Waals surface area contributed by atoms with Gasteiger partial charge in [0.2, 0.25) is 5.91 Å². The maximum atomic E-state index is 11.7. The largest absolute Gasteiger partial charge is 0.391 e. The summed E-state index contributed by atoms with van der Waals surface area (Å²) in [6, 6.07) is 6.35. The van der Waals surface area contributed by atoms with E-state index >= 15 is 0 Å². The van der Waals surface area contributed by atoms with Gasteiger partial charge in [0.1, 0.15) is 0 Å². The fourth-order valence-corrected chi connectivity index (χ4v) is 2.76. The van der Waals surface area contributed by atoms with Gasteiger partial charge in [0.15, 0.2) is 0 Å². The van der Waals surface area contributed by atoms with E-state index in [1.807, 2.05) is 0 Å². The van der Waals surface area contributed by atoms with Crippen LogP contribution >= 0.6 is 11.8 Å². The molecule has 1 atom stereocenters. The molecule has 0 heterocycles. The van der Waals surface area contributed by atoms with E-state index in [0.29, 0.717) is 26.0 Å². The highest BCUT2D eigenvalue weighted by Crippen LogP contribution is 2.21. The Hall–Kier alpha value is -1.04. The maximum absolute atomic E-state index is 11.7. The second-order valence-corrected chi connectivity index (χ2v) is 6.26. The van der Waals surface area contributed by atoms with Crippen molar-refractivity contribution >= 4 is 17.7 Å². The van der Waals surface area contributed by atoms with Gasteiger partial charge in [0.05, 0.1) is 12.7 Å². The molecule has 4 nitrogen and oxygen atoms in total. The number of amides is 1. The standard InChI is InChI=1S/C16H25NO3S/c1-12-4-5-15(10-13(12)2)21-9-7-16(19)17-8-6-14(18)11-20-3/h4-5,10,14,18H,6-9,11H2,1-3H3,(H,17,19). The van der Waals surface area contributed by atoms with E-state index in [2.05, 4.69) is 37.4 Å². The number of methoxy groups -OCH3 is 1. The van der Waals surface area contributed by atoms with Crippen LogP contribution in [0.4, 0.5) is 0 Å². The number of nitrogens with one attached hydrogen (secondary N) is 1. The molecule has 1 aromatic carbocycles. The summed E-state index contributed by atoms with van der Waals surface area (Å²) in [5.41, 5.74) is 2.56. The maximum Gasteiger partial charge on any atom is 0.220 e. The second kappa shape index (κ2) is 9.82. The van der Waals surface area contributed by atoms with Gasteiger partial charge >= 0.3 is 0 Å². The van der Waals surface area contributed by atoms with E-state index in [1.165, 1.54) is 16.0 Å². The van der Waals surface area contributed by atoms with Gasteiger partial charge in [0.25, 0.3) is 0 Å². The van der Waals surface area contributed by atoms with Gasteiger partial charge in [-0.15, -0.1) is 11.8 Å². The molecule has 0 spiro atoms. The molecule has 118 valence electrons. The molecule has 0 aliphatic heterocycles. The van der Waals surface area contributed by atoms with Crippen LogP contribution in [0.2, 0.25) is 0 Å². The molecule has 1 rings (SSSR count). The number of carbonyl (C=O) groups excluding carboxylic acids is 1. The van der Waals surface area contributed by atoms with E-state index < -0.39 is 6.10 Å². The molecule has 0 fully saturated rings. The fourth-order valence-electron chi connectivity index (χ4n) is 1.81. The normalized spacial score (nSPS) is 12.2. The number of ether oxygens (including phenoxy) is 1. The average molecular weight is 311 g/mol. The van der Waals surface area contributed by atoms with Gasteiger partial charge < -0.3 is 15.2 Å². The molecule has 0 saturated carbocycles. The van der Waals surface area contributed by atoms with Crippen molar-refractivity contribution in [2.75, 3.05) is 26.0 Å². The Balaban J connectivity index is 2.17. The van der Waals surface area contributed by atoms with E-state index in [9.17, 15) is 9.90 Å². The fraction of sp³-hybridized carbons (Fsp3) is 0.562. The summed E-state index contributed by atoms with van der Waals surface area (Å²) in [7, 11) is 1.55. The first kappa shape index (κ1) is 18.0. The highest BCUT2D eigenvalue weighted by Gasteiger charge is 2.06. The number of carbonyl (C=O) groups is 1. The number of thioether (sulfide) groups is 1. The highest BCUT2D eigenvalue weighted by molar-refractivity contribution is 7.99. The van der Waals surface area contributed by atoms with Gasteiger partial charge in [0, 0.05) is 30.7 Å². The average Bonchev–Trinajstić information content (AvgIpc) is 2.43. The van der Waals surface area contributed by atoms with Crippen LogP contribution in [0.25, 0.3) is 0 Å². The number of aliphatic hydroxyl groups excluding tert-OH is 1. The Morgan fingerprint density at radius 1 is 1.38 bits per heavy atom. The summed E-state index contributed by atoms with van der Waals surface area (Å²) in [5, 5.41) is 12.3. The van der Waals surface area contributed by atoms with Crippen LogP contribution in [0.1, 0.15) is 24.0 Å². The lowest BCUT2D eigenvalue weighted by molar-refractivity contribution is -0.120. The van der Waals surface area contributed by atoms with Gasteiger partial charge in [-0.3, -0.25) is 4.79 Å². The topological polar surface area (TPSA) is 58.6 Å². The molecule has 1 unspecified atom stereocenters. The number of benzene rings is 1. The van der Waals surface area contributed by atoms with Crippen LogP contribution in [-0.2, 0) is 9.53 Å². The Bertz CT molecular complexity index is 451. The Morgan fingerprint density at radius 2 is 2.14 bits per heavy atom. The summed E-state index contributed by atoms with van der Waals surface area (Å²) in [4.78, 5) is 12.9. The highest BCUT2D eigenvalue weighted by atomic mass is 32.2. The van der Waals surface area contributed by atoms with Crippen molar-refractivity contribution in [1.29, 1.82) is 0 Å². The minimum Gasteiger partial charge on any atom is -0.391 e. The third kappa shape index (κ3) is 7.50. The summed E-state index contributed by atoms with van der Waals surface area (Å²) < 4.78 is 4.83. The first-order chi connectivity index (χ1) is 10.0. The quantitative estimate of drug-likeness (QED) is 0.687. The first-order valence-electron chi connectivity index (χ1n) is 7.16. The Labute approximate surface area is 131 Å². The van der Waals surface area contributed by atoms with E-state index in [1.54, 1.807) is 18.9 Å². The lowest BCUT2D eigenvalue weighted by Gasteiger charge is -2.10. The first-order valence-corrected chi connectivity index (χ1v) is 8.15. The zero-order valence-corrected chi connectivity index (χ0v) is 13.8. The minimum atomic E-state index is -0.514. The molecule has 0 aliphatic carbocycles. The lowest BCUT2D eigenvalue weighted by atomic mass is 10.1. The van der Waals surface area contributed by atoms with E-state index in [4.69, 9.17) is 4.74 Å². The number of aryl methyl sites for hydroxylation is 2. The van der Waals surface area contributed by atoms with Crippen molar-refractivity contribution < 1.29 is 14.6 Å². The summed E-state index contributed by atoms with van der Waals surface area (Å²) >= 11 is 1.69. The summed E-state index contributed by atoms with van der Waals surface area (Å²) in [6.45, 7) is 4.98. The molecule has 0 saturated heterocycles. The predicted octanol–water partition coefficient (Wildman–Crippen LogP) is 2.30. The molecule has 0 aromatic heterocycles. The number of hydrogen-bond donors (Lipinski definition) is 2. The number of hydrogen-bond acceptors (Lipinski definition) is 4. The lowest BCUT2D eigenvalue weighted by Crippen LogP contribution is -2.28. The molecular weight excluding hydrogens is 286 g/mol. The third-order valence-corrected chi connectivity index (χ3v) is 4.23. The molecule has 1 aromatic rings. The van der Waals surface area contributed by atoms with Crippen LogP contribution in [0.5, 0.6) is 0 Å². The van der Waals surface area contributed by atoms with Crippen LogP contribution in [0.3, 0.4) is 0 Å². The molecule has 0 aliphatic rings. The number of aliphatic hydroxyl groups is 1. The SMILES string of the molecule is COCC(O)CCNC(=O)CCSc1ccc(C)c(C)c1. The predicted molar refractivity (Wildman–Crippen MR) is 86.8 cm³/mol. The van der Waals surface area contributed by atoms with Crippen LogP contribution in [0.15, 0.2) is 23.1 Å². The van der Waals surface area contributed by atoms with Crippen molar-refractivity contribution in [3.63, 3.8) is 0 Å².